The molecule has 0 fully saturated rings. The first kappa shape index (κ1) is 9.62. The molecule has 1 unspecified atom stereocenters. The maximum absolute atomic E-state index is 10.6. The van der Waals surface area contributed by atoms with E-state index in [2.05, 4.69) is 20.7 Å². The highest BCUT2D eigenvalue weighted by molar-refractivity contribution is 9.10. The molecule has 0 bridgehead atoms. The van der Waals surface area contributed by atoms with E-state index < -0.39 is 10.8 Å². The molecule has 0 aliphatic carbocycles. The van der Waals surface area contributed by atoms with Crippen molar-refractivity contribution < 1.29 is 14.3 Å². The number of rotatable bonds is 3. The van der Waals surface area contributed by atoms with E-state index in [0.717, 1.165) is 0 Å². The Hall–Kier alpha value is -0.380. The standard InChI is InChI=1S/C6H9BrO3/c1-4(8)3-5(7)6(9)10-2/h5H,3H2,1-2H3. The van der Waals surface area contributed by atoms with Crippen LogP contribution in [0.25, 0.3) is 0 Å². The number of hydrogen-bond donors (Lipinski definition) is 0. The third-order valence-electron chi connectivity index (χ3n) is 0.924. The van der Waals surface area contributed by atoms with Gasteiger partial charge in [0, 0.05) is 6.42 Å². The number of carbonyl (C=O) groups is 2. The summed E-state index contributed by atoms with van der Waals surface area (Å²) in [5, 5.41) is 0. The number of alkyl halides is 1. The predicted octanol–water partition coefficient (Wildman–Crippen LogP) is 0.902. The normalized spacial score (nSPS) is 12.3. The first-order chi connectivity index (χ1) is 4.57. The van der Waals surface area contributed by atoms with Crippen LogP contribution in [0.15, 0.2) is 0 Å². The van der Waals surface area contributed by atoms with Crippen LogP contribution < -0.4 is 0 Å². The van der Waals surface area contributed by atoms with Crippen molar-refractivity contribution in [2.75, 3.05) is 7.11 Å². The Morgan fingerprint density at radius 3 is 2.40 bits per heavy atom. The lowest BCUT2D eigenvalue weighted by Gasteiger charge is -2.02. The van der Waals surface area contributed by atoms with E-state index in [4.69, 9.17) is 0 Å². The van der Waals surface area contributed by atoms with E-state index in [-0.39, 0.29) is 12.2 Å². The molecule has 58 valence electrons. The van der Waals surface area contributed by atoms with Crippen LogP contribution in [0.3, 0.4) is 0 Å². The summed E-state index contributed by atoms with van der Waals surface area (Å²) in [7, 11) is 1.29. The van der Waals surface area contributed by atoms with Gasteiger partial charge in [-0.3, -0.25) is 9.59 Å². The van der Waals surface area contributed by atoms with E-state index in [0.29, 0.717) is 0 Å². The van der Waals surface area contributed by atoms with E-state index in [1.54, 1.807) is 0 Å². The van der Waals surface area contributed by atoms with Crippen molar-refractivity contribution in [3.63, 3.8) is 0 Å². The van der Waals surface area contributed by atoms with Crippen molar-refractivity contribution in [3.8, 4) is 0 Å². The van der Waals surface area contributed by atoms with Crippen molar-refractivity contribution >= 4 is 27.7 Å². The summed E-state index contributed by atoms with van der Waals surface area (Å²) in [5.74, 6) is -0.442. The zero-order chi connectivity index (χ0) is 8.15. The largest absolute Gasteiger partial charge is 0.468 e. The summed E-state index contributed by atoms with van der Waals surface area (Å²) >= 11 is 3.01. The van der Waals surface area contributed by atoms with Gasteiger partial charge in [-0.1, -0.05) is 15.9 Å². The number of ketones is 1. The molecule has 10 heavy (non-hydrogen) atoms. The predicted molar refractivity (Wildman–Crippen MR) is 40.0 cm³/mol. The molecule has 3 nitrogen and oxygen atoms in total. The Labute approximate surface area is 67.9 Å². The second-order valence-electron chi connectivity index (χ2n) is 1.90. The lowest BCUT2D eigenvalue weighted by Crippen LogP contribution is -2.18. The SMILES string of the molecule is COC(=O)C(Br)CC(C)=O. The minimum absolute atomic E-state index is 0.0349. The smallest absolute Gasteiger partial charge is 0.319 e. The average molecular weight is 209 g/mol. The van der Waals surface area contributed by atoms with Crippen LogP contribution in [-0.4, -0.2) is 23.7 Å². The van der Waals surface area contributed by atoms with Crippen LogP contribution in [0.1, 0.15) is 13.3 Å². The molecule has 0 aromatic rings. The van der Waals surface area contributed by atoms with Crippen LogP contribution >= 0.6 is 15.9 Å². The molecular formula is C6H9BrO3. The highest BCUT2D eigenvalue weighted by Crippen LogP contribution is 2.06. The highest BCUT2D eigenvalue weighted by atomic mass is 79.9. The fraction of sp³-hybridized carbons (Fsp3) is 0.667. The van der Waals surface area contributed by atoms with Gasteiger partial charge in [-0.2, -0.15) is 0 Å². The molecule has 4 heteroatoms. The summed E-state index contributed by atoms with van der Waals surface area (Å²) in [6.07, 6.45) is 0.187. The number of esters is 1. The fourth-order valence-corrected chi connectivity index (χ4v) is 1.11. The zero-order valence-electron chi connectivity index (χ0n) is 5.89. The Balaban J connectivity index is 3.72. The number of carbonyl (C=O) groups excluding carboxylic acids is 2. The number of ether oxygens (including phenoxy) is 1. The maximum Gasteiger partial charge on any atom is 0.319 e. The first-order valence-corrected chi connectivity index (χ1v) is 3.70. The van der Waals surface area contributed by atoms with Crippen molar-refractivity contribution in [2.45, 2.75) is 18.2 Å². The Kier molecular flexibility index (Phi) is 4.27. The van der Waals surface area contributed by atoms with E-state index in [9.17, 15) is 9.59 Å². The Morgan fingerprint density at radius 2 is 2.10 bits per heavy atom. The van der Waals surface area contributed by atoms with E-state index >= 15 is 0 Å². The number of hydrogen-bond acceptors (Lipinski definition) is 3. The summed E-state index contributed by atoms with van der Waals surface area (Å²) in [5.41, 5.74) is 0. The summed E-state index contributed by atoms with van der Waals surface area (Å²) in [6, 6.07) is 0. The summed E-state index contributed by atoms with van der Waals surface area (Å²) in [6.45, 7) is 1.43. The molecule has 0 saturated heterocycles. The Bertz CT molecular complexity index is 144. The van der Waals surface area contributed by atoms with Gasteiger partial charge in [-0.05, 0) is 6.92 Å². The van der Waals surface area contributed by atoms with Gasteiger partial charge >= 0.3 is 5.97 Å². The van der Waals surface area contributed by atoms with Gasteiger partial charge in [0.05, 0.1) is 7.11 Å². The quantitative estimate of drug-likeness (QED) is 0.512. The van der Waals surface area contributed by atoms with Crippen LogP contribution in [0.5, 0.6) is 0 Å². The second-order valence-corrected chi connectivity index (χ2v) is 3.00. The fourth-order valence-electron chi connectivity index (χ4n) is 0.464. The van der Waals surface area contributed by atoms with Crippen LogP contribution in [0.4, 0.5) is 0 Å². The zero-order valence-corrected chi connectivity index (χ0v) is 7.47. The molecule has 0 heterocycles. The van der Waals surface area contributed by atoms with Crippen molar-refractivity contribution in [1.82, 2.24) is 0 Å². The molecule has 0 aliphatic rings. The lowest BCUT2D eigenvalue weighted by atomic mass is 10.2. The first-order valence-electron chi connectivity index (χ1n) is 2.79. The second kappa shape index (κ2) is 4.44. The number of methoxy groups -OCH3 is 1. The van der Waals surface area contributed by atoms with E-state index in [1.807, 2.05) is 0 Å². The summed E-state index contributed by atoms with van der Waals surface area (Å²) in [4.78, 5) is 20.6. The topological polar surface area (TPSA) is 43.4 Å². The number of Topliss-reactive ketones (excluding diaryl/α,β-unsaturated/α-hetero) is 1. The van der Waals surface area contributed by atoms with Crippen LogP contribution in [0.2, 0.25) is 0 Å². The van der Waals surface area contributed by atoms with Gasteiger partial charge in [-0.15, -0.1) is 0 Å². The molecule has 0 amide bonds. The molecule has 1 atom stereocenters. The minimum atomic E-state index is -0.491. The van der Waals surface area contributed by atoms with Crippen LogP contribution in [0, 0.1) is 0 Å². The third-order valence-corrected chi connectivity index (χ3v) is 1.62. The molecule has 0 aromatic carbocycles. The monoisotopic (exact) mass is 208 g/mol. The Morgan fingerprint density at radius 1 is 1.60 bits per heavy atom. The van der Waals surface area contributed by atoms with Crippen molar-refractivity contribution in [2.24, 2.45) is 0 Å². The molecule has 0 aliphatic heterocycles. The third kappa shape index (κ3) is 3.61. The molecule has 0 aromatic heterocycles. The minimum Gasteiger partial charge on any atom is -0.468 e. The van der Waals surface area contributed by atoms with Crippen molar-refractivity contribution in [3.05, 3.63) is 0 Å². The summed E-state index contributed by atoms with van der Waals surface area (Å²) < 4.78 is 4.37. The molecule has 0 spiro atoms. The van der Waals surface area contributed by atoms with E-state index in [1.165, 1.54) is 14.0 Å². The molecule has 0 N–H and O–H groups in total. The van der Waals surface area contributed by atoms with Gasteiger partial charge in [0.1, 0.15) is 10.6 Å². The van der Waals surface area contributed by atoms with Crippen LogP contribution in [-0.2, 0) is 14.3 Å². The van der Waals surface area contributed by atoms with Gasteiger partial charge in [0.25, 0.3) is 0 Å². The van der Waals surface area contributed by atoms with Crippen molar-refractivity contribution in [1.29, 1.82) is 0 Å². The highest BCUT2D eigenvalue weighted by Gasteiger charge is 2.16. The molecule has 0 rings (SSSR count). The molecular weight excluding hydrogens is 200 g/mol. The van der Waals surface area contributed by atoms with Gasteiger partial charge < -0.3 is 4.74 Å². The maximum atomic E-state index is 10.6. The van der Waals surface area contributed by atoms with Gasteiger partial charge in [0.15, 0.2) is 0 Å². The molecule has 0 saturated carbocycles. The number of halogens is 1. The molecule has 0 radical (unpaired) electrons. The lowest BCUT2D eigenvalue weighted by molar-refractivity contribution is -0.140. The van der Waals surface area contributed by atoms with Gasteiger partial charge in [-0.25, -0.2) is 0 Å². The van der Waals surface area contributed by atoms with Gasteiger partial charge in [0.2, 0.25) is 0 Å². The average Bonchev–Trinajstić information content (AvgIpc) is 1.85.